The number of carbonyl (C=O) groups is 3. The molecule has 1 aliphatic rings. The Bertz CT molecular complexity index is 955. The van der Waals surface area contributed by atoms with Crippen LogP contribution in [0.25, 0.3) is 11.1 Å². The zero-order valence-corrected chi connectivity index (χ0v) is 17.4. The zero-order chi connectivity index (χ0) is 22.4. The van der Waals surface area contributed by atoms with Crippen LogP contribution in [0.15, 0.2) is 60.7 Å². The van der Waals surface area contributed by atoms with Crippen molar-refractivity contribution in [1.82, 2.24) is 10.6 Å². The van der Waals surface area contributed by atoms with Gasteiger partial charge in [0.15, 0.2) is 0 Å². The summed E-state index contributed by atoms with van der Waals surface area (Å²) in [6.45, 7) is 5.99. The number of amides is 2. The number of rotatable bonds is 9. The maximum absolute atomic E-state index is 12.4. The van der Waals surface area contributed by atoms with E-state index in [1.165, 1.54) is 0 Å². The lowest BCUT2D eigenvalue weighted by atomic mass is 9.98. The smallest absolute Gasteiger partial charge is 0.407 e. The maximum Gasteiger partial charge on any atom is 0.407 e. The SMILES string of the molecule is C=C(CC)CNC(=O)C(CC(=O)O)NC(=O)OCC1c2ccccc2-c2ccccc21. The van der Waals surface area contributed by atoms with Crippen LogP contribution in [0.5, 0.6) is 0 Å². The first-order valence-electron chi connectivity index (χ1n) is 10.2. The molecule has 2 aromatic carbocycles. The van der Waals surface area contributed by atoms with Gasteiger partial charge < -0.3 is 20.5 Å². The number of carboxylic acid groups (broad SMARTS) is 1. The van der Waals surface area contributed by atoms with E-state index in [0.717, 1.165) is 27.8 Å². The average Bonchev–Trinajstić information content (AvgIpc) is 3.08. The molecule has 0 aliphatic heterocycles. The van der Waals surface area contributed by atoms with Gasteiger partial charge in [0.2, 0.25) is 5.91 Å². The average molecular weight is 422 g/mol. The summed E-state index contributed by atoms with van der Waals surface area (Å²) < 4.78 is 5.41. The molecule has 7 heteroatoms. The number of hydrogen-bond acceptors (Lipinski definition) is 4. The van der Waals surface area contributed by atoms with E-state index >= 15 is 0 Å². The highest BCUT2D eigenvalue weighted by Crippen LogP contribution is 2.44. The molecule has 0 saturated carbocycles. The van der Waals surface area contributed by atoms with E-state index in [1.807, 2.05) is 55.5 Å². The van der Waals surface area contributed by atoms with Crippen molar-refractivity contribution in [3.05, 3.63) is 71.8 Å². The predicted octanol–water partition coefficient (Wildman–Crippen LogP) is 3.45. The monoisotopic (exact) mass is 422 g/mol. The van der Waals surface area contributed by atoms with Crippen molar-refractivity contribution in [2.24, 2.45) is 0 Å². The van der Waals surface area contributed by atoms with Crippen molar-refractivity contribution in [3.8, 4) is 11.1 Å². The van der Waals surface area contributed by atoms with Gasteiger partial charge in [0.05, 0.1) is 6.42 Å². The minimum absolute atomic E-state index is 0.0773. The second kappa shape index (κ2) is 9.93. The fourth-order valence-corrected chi connectivity index (χ4v) is 3.63. The predicted molar refractivity (Wildman–Crippen MR) is 117 cm³/mol. The van der Waals surface area contributed by atoms with Crippen LogP contribution >= 0.6 is 0 Å². The van der Waals surface area contributed by atoms with Gasteiger partial charge >= 0.3 is 12.1 Å². The highest BCUT2D eigenvalue weighted by atomic mass is 16.5. The molecule has 0 fully saturated rings. The summed E-state index contributed by atoms with van der Waals surface area (Å²) in [5.74, 6) is -1.92. The van der Waals surface area contributed by atoms with Crippen molar-refractivity contribution >= 4 is 18.0 Å². The van der Waals surface area contributed by atoms with E-state index < -0.39 is 30.4 Å². The molecule has 0 heterocycles. The van der Waals surface area contributed by atoms with Gasteiger partial charge in [0.25, 0.3) is 0 Å². The van der Waals surface area contributed by atoms with E-state index in [-0.39, 0.29) is 19.1 Å². The molecule has 1 atom stereocenters. The topological polar surface area (TPSA) is 105 Å². The molecular weight excluding hydrogens is 396 g/mol. The first-order chi connectivity index (χ1) is 14.9. The summed E-state index contributed by atoms with van der Waals surface area (Å²) in [6.07, 6.45) is -0.698. The molecule has 2 aromatic rings. The summed E-state index contributed by atoms with van der Waals surface area (Å²) in [7, 11) is 0. The number of nitrogens with one attached hydrogen (secondary N) is 2. The van der Waals surface area contributed by atoms with Crippen molar-refractivity contribution in [2.75, 3.05) is 13.2 Å². The number of aliphatic carboxylic acids is 1. The Morgan fingerprint density at radius 2 is 1.65 bits per heavy atom. The maximum atomic E-state index is 12.4. The van der Waals surface area contributed by atoms with Gasteiger partial charge in [0.1, 0.15) is 12.6 Å². The highest BCUT2D eigenvalue weighted by molar-refractivity contribution is 5.89. The molecule has 0 saturated heterocycles. The quantitative estimate of drug-likeness (QED) is 0.537. The van der Waals surface area contributed by atoms with Gasteiger partial charge in [-0.2, -0.15) is 0 Å². The van der Waals surface area contributed by atoms with Gasteiger partial charge in [0, 0.05) is 12.5 Å². The number of ether oxygens (including phenoxy) is 1. The van der Waals surface area contributed by atoms with Gasteiger partial charge in [-0.3, -0.25) is 9.59 Å². The van der Waals surface area contributed by atoms with Crippen molar-refractivity contribution < 1.29 is 24.2 Å². The Morgan fingerprint density at radius 1 is 1.06 bits per heavy atom. The zero-order valence-electron chi connectivity index (χ0n) is 17.4. The fourth-order valence-electron chi connectivity index (χ4n) is 3.63. The Kier molecular flexibility index (Phi) is 7.07. The van der Waals surface area contributed by atoms with E-state index in [2.05, 4.69) is 17.2 Å². The van der Waals surface area contributed by atoms with Crippen LogP contribution < -0.4 is 10.6 Å². The van der Waals surface area contributed by atoms with Crippen LogP contribution in [0, 0.1) is 0 Å². The number of carbonyl (C=O) groups excluding carboxylic acids is 2. The summed E-state index contributed by atoms with van der Waals surface area (Å²) in [5, 5.41) is 14.1. The minimum Gasteiger partial charge on any atom is -0.481 e. The number of alkyl carbamates (subject to hydrolysis) is 1. The van der Waals surface area contributed by atoms with Crippen LogP contribution in [-0.4, -0.2) is 42.3 Å². The number of benzene rings is 2. The first-order valence-corrected chi connectivity index (χ1v) is 10.2. The van der Waals surface area contributed by atoms with Crippen molar-refractivity contribution in [3.63, 3.8) is 0 Å². The Hall–Kier alpha value is -3.61. The molecule has 1 unspecified atom stereocenters. The Morgan fingerprint density at radius 3 is 2.19 bits per heavy atom. The summed E-state index contributed by atoms with van der Waals surface area (Å²) >= 11 is 0. The summed E-state index contributed by atoms with van der Waals surface area (Å²) in [6, 6.07) is 14.6. The van der Waals surface area contributed by atoms with E-state index in [9.17, 15) is 14.4 Å². The standard InChI is InChI=1S/C24H26N2O5/c1-3-15(2)13-25-23(29)21(12-22(27)28)26-24(30)31-14-20-18-10-6-4-8-16(18)17-9-5-7-11-19(17)20/h4-11,20-21H,2-3,12-14H2,1H3,(H,25,29)(H,26,30)(H,27,28). The first kappa shape index (κ1) is 22.1. The number of carboxylic acids is 1. The molecule has 3 N–H and O–H groups in total. The molecule has 0 bridgehead atoms. The molecule has 162 valence electrons. The van der Waals surface area contributed by atoms with E-state index in [0.29, 0.717) is 6.42 Å². The van der Waals surface area contributed by atoms with Crippen molar-refractivity contribution in [2.45, 2.75) is 31.7 Å². The summed E-state index contributed by atoms with van der Waals surface area (Å²) in [4.78, 5) is 35.9. The van der Waals surface area contributed by atoms with E-state index in [4.69, 9.17) is 9.84 Å². The van der Waals surface area contributed by atoms with Gasteiger partial charge in [-0.1, -0.05) is 67.6 Å². The Labute approximate surface area is 181 Å². The molecule has 7 nitrogen and oxygen atoms in total. The number of fused-ring (bicyclic) bond motifs is 3. The third-order valence-electron chi connectivity index (χ3n) is 5.34. The molecule has 0 aromatic heterocycles. The fraction of sp³-hybridized carbons (Fsp3) is 0.292. The lowest BCUT2D eigenvalue weighted by molar-refractivity contribution is -0.139. The Balaban J connectivity index is 1.64. The number of hydrogen-bond donors (Lipinski definition) is 3. The van der Waals surface area contributed by atoms with Gasteiger partial charge in [-0.05, 0) is 28.7 Å². The van der Waals surface area contributed by atoms with E-state index in [1.54, 1.807) is 0 Å². The molecule has 0 spiro atoms. The lowest BCUT2D eigenvalue weighted by Crippen LogP contribution is -2.48. The molecule has 3 rings (SSSR count). The van der Waals surface area contributed by atoms with Gasteiger partial charge in [-0.25, -0.2) is 4.79 Å². The van der Waals surface area contributed by atoms with Gasteiger partial charge in [-0.15, -0.1) is 0 Å². The lowest BCUT2D eigenvalue weighted by Gasteiger charge is -2.19. The van der Waals surface area contributed by atoms with Crippen LogP contribution in [-0.2, 0) is 14.3 Å². The van der Waals surface area contributed by atoms with Crippen LogP contribution in [0.4, 0.5) is 4.79 Å². The largest absolute Gasteiger partial charge is 0.481 e. The molecule has 1 aliphatic carbocycles. The van der Waals surface area contributed by atoms with Crippen LogP contribution in [0.3, 0.4) is 0 Å². The third-order valence-corrected chi connectivity index (χ3v) is 5.34. The molecular formula is C24H26N2O5. The van der Waals surface area contributed by atoms with Crippen LogP contribution in [0.2, 0.25) is 0 Å². The molecule has 2 amide bonds. The minimum atomic E-state index is -1.24. The van der Waals surface area contributed by atoms with Crippen molar-refractivity contribution in [1.29, 1.82) is 0 Å². The second-order valence-corrected chi connectivity index (χ2v) is 7.44. The molecule has 31 heavy (non-hydrogen) atoms. The van der Waals surface area contributed by atoms with Crippen LogP contribution in [0.1, 0.15) is 36.8 Å². The highest BCUT2D eigenvalue weighted by Gasteiger charge is 2.30. The summed E-state index contributed by atoms with van der Waals surface area (Å²) in [5.41, 5.74) is 5.13. The molecule has 0 radical (unpaired) electrons. The normalized spacial score (nSPS) is 12.9. The second-order valence-electron chi connectivity index (χ2n) is 7.44. The third kappa shape index (κ3) is 5.31.